The van der Waals surface area contributed by atoms with E-state index in [1.165, 1.54) is 0 Å². The Morgan fingerprint density at radius 3 is 2.67 bits per heavy atom. The highest BCUT2D eigenvalue weighted by molar-refractivity contribution is 9.13. The predicted molar refractivity (Wildman–Crippen MR) is 65.0 cm³/mol. The minimum Gasteiger partial charge on any atom is -0.462 e. The van der Waals surface area contributed by atoms with Crippen LogP contribution in [0.15, 0.2) is 15.1 Å². The molecule has 0 aliphatic heterocycles. The molecule has 0 aliphatic carbocycles. The van der Waals surface area contributed by atoms with Crippen molar-refractivity contribution in [2.75, 3.05) is 6.61 Å². The molecule has 1 rings (SSSR count). The third-order valence-electron chi connectivity index (χ3n) is 1.87. The molecule has 5 heteroatoms. The van der Waals surface area contributed by atoms with Crippen molar-refractivity contribution in [2.24, 2.45) is 0 Å². The summed E-state index contributed by atoms with van der Waals surface area (Å²) in [4.78, 5) is 15.9. The van der Waals surface area contributed by atoms with Gasteiger partial charge in [0.15, 0.2) is 0 Å². The summed E-state index contributed by atoms with van der Waals surface area (Å²) in [7, 11) is 0. The molecule has 0 atom stereocenters. The molecule has 0 fully saturated rings. The molecule has 0 saturated carbocycles. The van der Waals surface area contributed by atoms with Crippen LogP contribution in [0.3, 0.4) is 0 Å². The summed E-state index contributed by atoms with van der Waals surface area (Å²) in [6.07, 6.45) is 2.37. The Morgan fingerprint density at radius 1 is 1.47 bits per heavy atom. The monoisotopic (exact) mass is 335 g/mol. The van der Waals surface area contributed by atoms with Gasteiger partial charge in [0.2, 0.25) is 0 Å². The fraction of sp³-hybridized carbons (Fsp3) is 0.400. The molecule has 15 heavy (non-hydrogen) atoms. The van der Waals surface area contributed by atoms with E-state index in [0.29, 0.717) is 23.1 Å². The molecule has 0 amide bonds. The van der Waals surface area contributed by atoms with Gasteiger partial charge in [-0.15, -0.1) is 0 Å². The lowest BCUT2D eigenvalue weighted by Crippen LogP contribution is -2.10. The van der Waals surface area contributed by atoms with Crippen molar-refractivity contribution in [1.29, 1.82) is 0 Å². The minimum absolute atomic E-state index is 0.338. The van der Waals surface area contributed by atoms with E-state index in [1.54, 1.807) is 13.1 Å². The predicted octanol–water partition coefficient (Wildman–Crippen LogP) is 3.35. The van der Waals surface area contributed by atoms with Crippen molar-refractivity contribution in [3.05, 3.63) is 26.4 Å². The molecule has 1 heterocycles. The van der Waals surface area contributed by atoms with Gasteiger partial charge >= 0.3 is 5.97 Å². The van der Waals surface area contributed by atoms with E-state index in [2.05, 4.69) is 36.8 Å². The van der Waals surface area contributed by atoms with Crippen LogP contribution >= 0.6 is 31.9 Å². The number of nitrogens with zero attached hydrogens (tertiary/aromatic N) is 1. The van der Waals surface area contributed by atoms with Gasteiger partial charge < -0.3 is 4.74 Å². The van der Waals surface area contributed by atoms with E-state index in [9.17, 15) is 4.79 Å². The maximum Gasteiger partial charge on any atom is 0.341 e. The number of pyridine rings is 1. The summed E-state index contributed by atoms with van der Waals surface area (Å²) in [6.45, 7) is 4.09. The number of hydrogen-bond donors (Lipinski definition) is 0. The molecular formula is C10H11Br2NO2. The normalized spacial score (nSPS) is 10.1. The molecule has 0 unspecified atom stereocenters. The molecule has 0 N–H and O–H groups in total. The zero-order valence-corrected chi connectivity index (χ0v) is 11.7. The van der Waals surface area contributed by atoms with E-state index in [0.717, 1.165) is 10.2 Å². The highest BCUT2D eigenvalue weighted by atomic mass is 79.9. The zero-order chi connectivity index (χ0) is 11.4. The first-order valence-electron chi connectivity index (χ1n) is 4.61. The number of rotatable bonds is 3. The van der Waals surface area contributed by atoms with Crippen LogP contribution in [0.25, 0.3) is 0 Å². The van der Waals surface area contributed by atoms with Crippen LogP contribution in [0.2, 0.25) is 0 Å². The molecule has 1 aromatic heterocycles. The highest BCUT2D eigenvalue weighted by Crippen LogP contribution is 2.28. The topological polar surface area (TPSA) is 39.2 Å². The van der Waals surface area contributed by atoms with Crippen molar-refractivity contribution in [3.63, 3.8) is 0 Å². The molecule has 0 saturated heterocycles. The fourth-order valence-electron chi connectivity index (χ4n) is 1.18. The van der Waals surface area contributed by atoms with Crippen LogP contribution in [-0.4, -0.2) is 17.6 Å². The van der Waals surface area contributed by atoms with Crippen molar-refractivity contribution in [2.45, 2.75) is 20.3 Å². The van der Waals surface area contributed by atoms with Crippen LogP contribution in [0.4, 0.5) is 0 Å². The number of aryl methyl sites for hydroxylation is 1. The molecule has 0 aromatic carbocycles. The van der Waals surface area contributed by atoms with Gasteiger partial charge in [0.1, 0.15) is 0 Å². The number of esters is 1. The maximum atomic E-state index is 11.7. The number of ether oxygens (including phenoxy) is 1. The summed E-state index contributed by atoms with van der Waals surface area (Å²) in [6, 6.07) is 0. The molecule has 0 bridgehead atoms. The van der Waals surface area contributed by atoms with E-state index < -0.39 is 0 Å². The van der Waals surface area contributed by atoms with E-state index >= 15 is 0 Å². The van der Waals surface area contributed by atoms with Gasteiger partial charge in [-0.1, -0.05) is 6.92 Å². The van der Waals surface area contributed by atoms with Gasteiger partial charge in [-0.2, -0.15) is 0 Å². The number of halogens is 2. The van der Waals surface area contributed by atoms with E-state index in [1.807, 2.05) is 6.92 Å². The Bertz CT molecular complexity index is 380. The summed E-state index contributed by atoms with van der Waals surface area (Å²) in [5.41, 5.74) is 1.25. The van der Waals surface area contributed by atoms with E-state index in [4.69, 9.17) is 4.74 Å². The Hall–Kier alpha value is -0.420. The number of carbonyl (C=O) groups excluding carboxylic acids is 1. The summed E-state index contributed by atoms with van der Waals surface area (Å²) < 4.78 is 6.43. The van der Waals surface area contributed by atoms with Gasteiger partial charge in [-0.05, 0) is 45.2 Å². The quantitative estimate of drug-likeness (QED) is 0.794. The smallest absolute Gasteiger partial charge is 0.341 e. The Balaban J connectivity index is 3.23. The largest absolute Gasteiger partial charge is 0.462 e. The first kappa shape index (κ1) is 12.6. The first-order chi connectivity index (χ1) is 7.11. The van der Waals surface area contributed by atoms with Crippen LogP contribution in [0, 0.1) is 0 Å². The molecule has 0 radical (unpaired) electrons. The third-order valence-corrected chi connectivity index (χ3v) is 3.82. The SMILES string of the molecule is CCOC(=O)c1c(CC)ncc(Br)c1Br. The molecule has 0 spiro atoms. The molecule has 3 nitrogen and oxygen atoms in total. The first-order valence-corrected chi connectivity index (χ1v) is 6.20. The molecule has 82 valence electrons. The van der Waals surface area contributed by atoms with Crippen molar-refractivity contribution < 1.29 is 9.53 Å². The lowest BCUT2D eigenvalue weighted by molar-refractivity contribution is 0.0523. The van der Waals surface area contributed by atoms with Crippen LogP contribution in [-0.2, 0) is 11.2 Å². The standard InChI is InChI=1S/C10H11Br2NO2/c1-3-7-8(10(14)15-4-2)9(12)6(11)5-13-7/h5H,3-4H2,1-2H3. The fourth-order valence-corrected chi connectivity index (χ4v) is 1.97. The Morgan fingerprint density at radius 2 is 2.13 bits per heavy atom. The molecular weight excluding hydrogens is 326 g/mol. The van der Waals surface area contributed by atoms with Crippen molar-refractivity contribution in [1.82, 2.24) is 4.98 Å². The summed E-state index contributed by atoms with van der Waals surface area (Å²) >= 11 is 6.67. The van der Waals surface area contributed by atoms with Crippen LogP contribution < -0.4 is 0 Å². The lowest BCUT2D eigenvalue weighted by Gasteiger charge is -2.09. The number of hydrogen-bond acceptors (Lipinski definition) is 3. The summed E-state index contributed by atoms with van der Waals surface area (Å²) in [5, 5.41) is 0. The molecule has 1 aromatic rings. The Labute approximate surface area is 105 Å². The number of carbonyl (C=O) groups is 1. The van der Waals surface area contributed by atoms with E-state index in [-0.39, 0.29) is 5.97 Å². The third kappa shape index (κ3) is 2.78. The second-order valence-electron chi connectivity index (χ2n) is 2.82. The van der Waals surface area contributed by atoms with Crippen LogP contribution in [0.1, 0.15) is 29.9 Å². The highest BCUT2D eigenvalue weighted by Gasteiger charge is 2.18. The summed E-state index contributed by atoms with van der Waals surface area (Å²) in [5.74, 6) is -0.338. The number of aromatic nitrogens is 1. The lowest BCUT2D eigenvalue weighted by atomic mass is 10.1. The van der Waals surface area contributed by atoms with Gasteiger partial charge in [0, 0.05) is 10.7 Å². The van der Waals surface area contributed by atoms with Gasteiger partial charge in [-0.25, -0.2) is 4.79 Å². The average Bonchev–Trinajstić information content (AvgIpc) is 2.22. The molecule has 0 aliphatic rings. The average molecular weight is 337 g/mol. The van der Waals surface area contributed by atoms with Gasteiger partial charge in [0.25, 0.3) is 0 Å². The van der Waals surface area contributed by atoms with Gasteiger partial charge in [0.05, 0.1) is 22.3 Å². The zero-order valence-electron chi connectivity index (χ0n) is 8.51. The van der Waals surface area contributed by atoms with Gasteiger partial charge in [-0.3, -0.25) is 4.98 Å². The van der Waals surface area contributed by atoms with Crippen molar-refractivity contribution in [3.8, 4) is 0 Å². The maximum absolute atomic E-state index is 11.7. The van der Waals surface area contributed by atoms with Crippen molar-refractivity contribution >= 4 is 37.8 Å². The second kappa shape index (κ2) is 5.61. The second-order valence-corrected chi connectivity index (χ2v) is 4.46. The Kier molecular flexibility index (Phi) is 4.73. The van der Waals surface area contributed by atoms with Crippen LogP contribution in [0.5, 0.6) is 0 Å². The minimum atomic E-state index is -0.338.